The van der Waals surface area contributed by atoms with Crippen LogP contribution in [-0.2, 0) is 5.41 Å². The van der Waals surface area contributed by atoms with E-state index in [1.54, 1.807) is 14.2 Å². The van der Waals surface area contributed by atoms with E-state index in [9.17, 15) is 0 Å². The van der Waals surface area contributed by atoms with E-state index in [0.717, 1.165) is 17.2 Å². The molecule has 16 heavy (non-hydrogen) atoms. The Balaban J connectivity index is 2.61. The van der Waals surface area contributed by atoms with Crippen molar-refractivity contribution in [3.8, 4) is 11.5 Å². The second-order valence-corrected chi connectivity index (χ2v) is 4.84. The summed E-state index contributed by atoms with van der Waals surface area (Å²) in [7, 11) is 3.37. The summed E-state index contributed by atoms with van der Waals surface area (Å²) in [4.78, 5) is 0. The van der Waals surface area contributed by atoms with Crippen molar-refractivity contribution < 1.29 is 9.47 Å². The van der Waals surface area contributed by atoms with Crippen LogP contribution in [0.1, 0.15) is 26.3 Å². The minimum atomic E-state index is 0.0944. The molecule has 3 heteroatoms. The van der Waals surface area contributed by atoms with E-state index in [4.69, 9.17) is 9.47 Å². The average Bonchev–Trinajstić information content (AvgIpc) is 2.50. The first-order valence-electron chi connectivity index (χ1n) is 5.53. The summed E-state index contributed by atoms with van der Waals surface area (Å²) in [6.07, 6.45) is 0. The molecule has 1 unspecified atom stereocenters. The number of anilines is 1. The lowest BCUT2D eigenvalue weighted by atomic mass is 9.81. The predicted molar refractivity (Wildman–Crippen MR) is 65.7 cm³/mol. The molecule has 0 radical (unpaired) electrons. The Morgan fingerprint density at radius 3 is 2.44 bits per heavy atom. The molecule has 0 bridgehead atoms. The van der Waals surface area contributed by atoms with Crippen LogP contribution in [0.25, 0.3) is 0 Å². The van der Waals surface area contributed by atoms with Crippen molar-refractivity contribution in [2.45, 2.75) is 32.2 Å². The van der Waals surface area contributed by atoms with Crippen LogP contribution in [0.4, 0.5) is 5.69 Å². The number of hydrogen-bond acceptors (Lipinski definition) is 3. The van der Waals surface area contributed by atoms with Crippen molar-refractivity contribution in [2.75, 3.05) is 19.5 Å². The third kappa shape index (κ3) is 1.42. The lowest BCUT2D eigenvalue weighted by Crippen LogP contribution is -2.29. The Labute approximate surface area is 96.8 Å². The highest BCUT2D eigenvalue weighted by molar-refractivity contribution is 5.71. The zero-order valence-electron chi connectivity index (χ0n) is 10.5. The first kappa shape index (κ1) is 11.1. The van der Waals surface area contributed by atoms with Gasteiger partial charge in [0.1, 0.15) is 11.5 Å². The molecule has 0 aromatic heterocycles. The molecule has 1 aromatic carbocycles. The fourth-order valence-corrected chi connectivity index (χ4v) is 2.16. The van der Waals surface area contributed by atoms with Crippen LogP contribution in [0.5, 0.6) is 11.5 Å². The number of fused-ring (bicyclic) bond motifs is 1. The molecule has 0 saturated heterocycles. The highest BCUT2D eigenvalue weighted by Gasteiger charge is 2.38. The molecular formula is C13H19NO2. The normalized spacial score (nSPS) is 21.2. The van der Waals surface area contributed by atoms with Crippen molar-refractivity contribution in [3.05, 3.63) is 17.7 Å². The Morgan fingerprint density at radius 2 is 1.88 bits per heavy atom. The monoisotopic (exact) mass is 221 g/mol. The van der Waals surface area contributed by atoms with Crippen LogP contribution in [-0.4, -0.2) is 20.3 Å². The summed E-state index contributed by atoms with van der Waals surface area (Å²) < 4.78 is 10.7. The summed E-state index contributed by atoms with van der Waals surface area (Å²) in [5.41, 5.74) is 2.45. The zero-order chi connectivity index (χ0) is 11.9. The molecular weight excluding hydrogens is 202 g/mol. The molecule has 1 atom stereocenters. The molecule has 0 aliphatic carbocycles. The van der Waals surface area contributed by atoms with Gasteiger partial charge in [-0.25, -0.2) is 0 Å². The molecule has 0 spiro atoms. The largest absolute Gasteiger partial charge is 0.497 e. The zero-order valence-corrected chi connectivity index (χ0v) is 10.5. The van der Waals surface area contributed by atoms with E-state index in [-0.39, 0.29) is 5.41 Å². The molecule has 1 aliphatic rings. The molecule has 0 saturated carbocycles. The van der Waals surface area contributed by atoms with Crippen LogP contribution in [0.15, 0.2) is 12.1 Å². The quantitative estimate of drug-likeness (QED) is 0.833. The van der Waals surface area contributed by atoms with Crippen LogP contribution in [0.2, 0.25) is 0 Å². The predicted octanol–water partition coefficient (Wildman–Crippen LogP) is 2.80. The van der Waals surface area contributed by atoms with Gasteiger partial charge in [-0.2, -0.15) is 0 Å². The maximum atomic E-state index is 5.40. The number of ether oxygens (including phenoxy) is 2. The van der Waals surface area contributed by atoms with E-state index in [1.807, 2.05) is 6.07 Å². The maximum Gasteiger partial charge on any atom is 0.145 e. The number of nitrogens with one attached hydrogen (secondary N) is 1. The van der Waals surface area contributed by atoms with E-state index in [0.29, 0.717) is 6.04 Å². The fraction of sp³-hybridized carbons (Fsp3) is 0.538. The van der Waals surface area contributed by atoms with E-state index < -0.39 is 0 Å². The van der Waals surface area contributed by atoms with Gasteiger partial charge < -0.3 is 14.8 Å². The fourth-order valence-electron chi connectivity index (χ4n) is 2.16. The van der Waals surface area contributed by atoms with Gasteiger partial charge in [0.2, 0.25) is 0 Å². The summed E-state index contributed by atoms with van der Waals surface area (Å²) in [5.74, 6) is 1.70. The Morgan fingerprint density at radius 1 is 1.19 bits per heavy atom. The lowest BCUT2D eigenvalue weighted by Gasteiger charge is -2.24. The Kier molecular flexibility index (Phi) is 2.49. The lowest BCUT2D eigenvalue weighted by molar-refractivity contribution is 0.394. The van der Waals surface area contributed by atoms with Crippen LogP contribution in [0.3, 0.4) is 0 Å². The highest BCUT2D eigenvalue weighted by atomic mass is 16.5. The summed E-state index contributed by atoms with van der Waals surface area (Å²) >= 11 is 0. The molecule has 1 aliphatic heterocycles. The molecule has 88 valence electrons. The van der Waals surface area contributed by atoms with Crippen molar-refractivity contribution >= 4 is 5.69 Å². The third-order valence-corrected chi connectivity index (χ3v) is 3.67. The second-order valence-electron chi connectivity index (χ2n) is 4.84. The Bertz CT molecular complexity index is 413. The first-order chi connectivity index (χ1) is 7.50. The second kappa shape index (κ2) is 3.58. The summed E-state index contributed by atoms with van der Waals surface area (Å²) in [6, 6.07) is 4.40. The molecule has 1 N–H and O–H groups in total. The minimum Gasteiger partial charge on any atom is -0.497 e. The van der Waals surface area contributed by atoms with E-state index >= 15 is 0 Å². The van der Waals surface area contributed by atoms with Gasteiger partial charge >= 0.3 is 0 Å². The molecule has 0 amide bonds. The van der Waals surface area contributed by atoms with Crippen LogP contribution >= 0.6 is 0 Å². The molecule has 3 nitrogen and oxygen atoms in total. The first-order valence-corrected chi connectivity index (χ1v) is 5.53. The standard InChI is InChI=1S/C13H19NO2/c1-8-13(2,3)10-6-9(15-4)7-11(16-5)12(10)14-8/h6-8,14H,1-5H3. The SMILES string of the molecule is COc1cc(OC)c2c(c1)C(C)(C)C(C)N2. The number of methoxy groups -OCH3 is 2. The van der Waals surface area contributed by atoms with Gasteiger partial charge in [-0.15, -0.1) is 0 Å². The van der Waals surface area contributed by atoms with Gasteiger partial charge in [-0.1, -0.05) is 13.8 Å². The van der Waals surface area contributed by atoms with Gasteiger partial charge in [-0.3, -0.25) is 0 Å². The topological polar surface area (TPSA) is 30.5 Å². The molecule has 2 rings (SSSR count). The molecule has 0 fully saturated rings. The van der Waals surface area contributed by atoms with Crippen LogP contribution < -0.4 is 14.8 Å². The molecule has 1 heterocycles. The van der Waals surface area contributed by atoms with Crippen molar-refractivity contribution in [1.29, 1.82) is 0 Å². The van der Waals surface area contributed by atoms with Gasteiger partial charge in [0.15, 0.2) is 0 Å². The number of hydrogen-bond donors (Lipinski definition) is 1. The Hall–Kier alpha value is -1.38. The minimum absolute atomic E-state index is 0.0944. The smallest absolute Gasteiger partial charge is 0.145 e. The van der Waals surface area contributed by atoms with E-state index in [1.165, 1.54) is 5.56 Å². The summed E-state index contributed by atoms with van der Waals surface area (Å²) in [6.45, 7) is 6.65. The third-order valence-electron chi connectivity index (χ3n) is 3.67. The average molecular weight is 221 g/mol. The van der Waals surface area contributed by atoms with Gasteiger partial charge in [0.05, 0.1) is 19.9 Å². The van der Waals surface area contributed by atoms with Gasteiger partial charge in [0.25, 0.3) is 0 Å². The van der Waals surface area contributed by atoms with Crippen LogP contribution in [0, 0.1) is 0 Å². The number of benzene rings is 1. The van der Waals surface area contributed by atoms with Crippen molar-refractivity contribution in [1.82, 2.24) is 0 Å². The maximum absolute atomic E-state index is 5.40. The van der Waals surface area contributed by atoms with E-state index in [2.05, 4.69) is 32.2 Å². The van der Waals surface area contributed by atoms with Crippen molar-refractivity contribution in [3.63, 3.8) is 0 Å². The molecule has 1 aromatic rings. The van der Waals surface area contributed by atoms with Crippen molar-refractivity contribution in [2.24, 2.45) is 0 Å². The van der Waals surface area contributed by atoms with Gasteiger partial charge in [0, 0.05) is 17.5 Å². The summed E-state index contributed by atoms with van der Waals surface area (Å²) in [5, 5.41) is 3.48. The highest BCUT2D eigenvalue weighted by Crippen LogP contribution is 2.47. The number of rotatable bonds is 2. The van der Waals surface area contributed by atoms with Gasteiger partial charge in [-0.05, 0) is 18.6 Å².